The number of likely N-dealkylation sites (N-methyl/N-ethyl adjacent to an activating group) is 1. The third-order valence-corrected chi connectivity index (χ3v) is 4.08. The van der Waals surface area contributed by atoms with Gasteiger partial charge in [0.2, 0.25) is 0 Å². The van der Waals surface area contributed by atoms with Crippen LogP contribution in [0.1, 0.15) is 18.1 Å². The highest BCUT2D eigenvalue weighted by atomic mass is 16.5. The molecule has 0 aliphatic heterocycles. The number of benzene rings is 2. The second-order valence-corrected chi connectivity index (χ2v) is 5.92. The van der Waals surface area contributed by atoms with Gasteiger partial charge in [-0.1, -0.05) is 29.8 Å². The lowest BCUT2D eigenvalue weighted by atomic mass is 10.1. The van der Waals surface area contributed by atoms with Crippen LogP contribution in [0, 0.1) is 6.92 Å². The summed E-state index contributed by atoms with van der Waals surface area (Å²) < 4.78 is 5.42. The van der Waals surface area contributed by atoms with Crippen LogP contribution in [-0.4, -0.2) is 26.1 Å². The molecule has 122 valence electrons. The van der Waals surface area contributed by atoms with Gasteiger partial charge in [0.15, 0.2) is 6.04 Å². The summed E-state index contributed by atoms with van der Waals surface area (Å²) in [5, 5.41) is 2.96. The molecule has 0 aliphatic carbocycles. The van der Waals surface area contributed by atoms with E-state index in [9.17, 15) is 4.79 Å². The van der Waals surface area contributed by atoms with Gasteiger partial charge in [0.25, 0.3) is 5.91 Å². The molecule has 2 N–H and O–H groups in total. The van der Waals surface area contributed by atoms with Gasteiger partial charge in [-0.3, -0.25) is 4.79 Å². The third-order valence-electron chi connectivity index (χ3n) is 4.08. The van der Waals surface area contributed by atoms with E-state index in [1.165, 1.54) is 5.56 Å². The predicted octanol–water partition coefficient (Wildman–Crippen LogP) is 2.05. The van der Waals surface area contributed by atoms with Gasteiger partial charge < -0.3 is 15.0 Å². The van der Waals surface area contributed by atoms with Crippen LogP contribution < -0.4 is 15.0 Å². The average molecular weight is 313 g/mol. The standard InChI is InChI=1S/C19H24N2O2/c1-14-10-11-18(23-4)16(12-14)13-21(3)15(2)19(22)20-17-8-6-5-7-9-17/h5-12,15H,13H2,1-4H3,(H,20,22)/p+1/t15-/m0/s1. The molecule has 0 radical (unpaired) electrons. The van der Waals surface area contributed by atoms with Crippen molar-refractivity contribution in [3.05, 3.63) is 59.7 Å². The van der Waals surface area contributed by atoms with Crippen molar-refractivity contribution in [1.82, 2.24) is 0 Å². The summed E-state index contributed by atoms with van der Waals surface area (Å²) >= 11 is 0. The molecule has 0 heterocycles. The Bertz CT molecular complexity index is 656. The number of para-hydroxylation sites is 1. The molecule has 0 aliphatic rings. The molecule has 0 saturated heterocycles. The van der Waals surface area contributed by atoms with Gasteiger partial charge in [-0.05, 0) is 38.1 Å². The van der Waals surface area contributed by atoms with Crippen LogP contribution in [0.5, 0.6) is 5.75 Å². The van der Waals surface area contributed by atoms with Gasteiger partial charge >= 0.3 is 0 Å². The van der Waals surface area contributed by atoms with E-state index in [0.29, 0.717) is 0 Å². The summed E-state index contributed by atoms with van der Waals surface area (Å²) in [7, 11) is 3.70. The maximum atomic E-state index is 12.4. The molecule has 0 bridgehead atoms. The quantitative estimate of drug-likeness (QED) is 0.857. The van der Waals surface area contributed by atoms with E-state index < -0.39 is 0 Å². The van der Waals surface area contributed by atoms with Gasteiger partial charge in [-0.2, -0.15) is 0 Å². The van der Waals surface area contributed by atoms with E-state index in [-0.39, 0.29) is 11.9 Å². The van der Waals surface area contributed by atoms with E-state index in [4.69, 9.17) is 4.74 Å². The number of ether oxygens (including phenoxy) is 1. The van der Waals surface area contributed by atoms with Crippen LogP contribution in [0.3, 0.4) is 0 Å². The molecule has 4 heteroatoms. The molecule has 1 unspecified atom stereocenters. The monoisotopic (exact) mass is 313 g/mol. The minimum atomic E-state index is -0.166. The number of amides is 1. The maximum Gasteiger partial charge on any atom is 0.282 e. The zero-order valence-corrected chi connectivity index (χ0v) is 14.2. The number of methoxy groups -OCH3 is 1. The highest BCUT2D eigenvalue weighted by molar-refractivity contribution is 5.93. The molecular formula is C19H25N2O2+. The van der Waals surface area contributed by atoms with Crippen molar-refractivity contribution in [2.75, 3.05) is 19.5 Å². The summed E-state index contributed by atoms with van der Waals surface area (Å²) in [6.07, 6.45) is 0. The van der Waals surface area contributed by atoms with Crippen molar-refractivity contribution in [2.24, 2.45) is 0 Å². The van der Waals surface area contributed by atoms with Crippen molar-refractivity contribution in [1.29, 1.82) is 0 Å². The van der Waals surface area contributed by atoms with Crippen LogP contribution in [0.25, 0.3) is 0 Å². The van der Waals surface area contributed by atoms with Gasteiger partial charge in [-0.15, -0.1) is 0 Å². The Labute approximate surface area is 138 Å². The number of carbonyl (C=O) groups excluding carboxylic acids is 1. The van der Waals surface area contributed by atoms with Crippen molar-refractivity contribution in [3.63, 3.8) is 0 Å². The number of anilines is 1. The zero-order chi connectivity index (χ0) is 16.8. The van der Waals surface area contributed by atoms with Crippen molar-refractivity contribution in [3.8, 4) is 5.75 Å². The molecule has 2 aromatic carbocycles. The molecule has 0 saturated carbocycles. The lowest BCUT2D eigenvalue weighted by Gasteiger charge is -2.22. The Balaban J connectivity index is 2.03. The van der Waals surface area contributed by atoms with Crippen molar-refractivity contribution in [2.45, 2.75) is 26.4 Å². The van der Waals surface area contributed by atoms with E-state index in [2.05, 4.69) is 18.3 Å². The Morgan fingerprint density at radius 3 is 2.57 bits per heavy atom. The number of hydrogen-bond acceptors (Lipinski definition) is 2. The van der Waals surface area contributed by atoms with Gasteiger partial charge in [0.1, 0.15) is 12.3 Å². The van der Waals surface area contributed by atoms with Crippen LogP contribution in [0.15, 0.2) is 48.5 Å². The van der Waals surface area contributed by atoms with E-state index >= 15 is 0 Å². The fraction of sp³-hybridized carbons (Fsp3) is 0.316. The predicted molar refractivity (Wildman–Crippen MR) is 92.9 cm³/mol. The molecule has 0 fully saturated rings. The topological polar surface area (TPSA) is 42.8 Å². The second kappa shape index (κ2) is 7.79. The molecule has 1 amide bonds. The summed E-state index contributed by atoms with van der Waals surface area (Å²) in [4.78, 5) is 13.5. The first-order valence-electron chi connectivity index (χ1n) is 7.83. The van der Waals surface area contributed by atoms with E-state index in [1.54, 1.807) is 7.11 Å². The van der Waals surface area contributed by atoms with Gasteiger partial charge in [-0.25, -0.2) is 0 Å². The van der Waals surface area contributed by atoms with E-state index in [1.807, 2.05) is 56.4 Å². The fourth-order valence-corrected chi connectivity index (χ4v) is 2.49. The Hall–Kier alpha value is -2.33. The number of quaternary nitrogens is 1. The number of rotatable bonds is 6. The second-order valence-electron chi connectivity index (χ2n) is 5.92. The van der Waals surface area contributed by atoms with Crippen LogP contribution in [0.2, 0.25) is 0 Å². The minimum absolute atomic E-state index is 0.0142. The summed E-state index contributed by atoms with van der Waals surface area (Å²) in [6, 6.07) is 15.5. The van der Waals surface area contributed by atoms with Crippen LogP contribution in [0.4, 0.5) is 5.69 Å². The molecule has 2 aromatic rings. The Morgan fingerprint density at radius 2 is 1.91 bits per heavy atom. The average Bonchev–Trinajstić information content (AvgIpc) is 2.55. The number of hydrogen-bond donors (Lipinski definition) is 2. The van der Waals surface area contributed by atoms with E-state index in [0.717, 1.165) is 28.4 Å². The Kier molecular flexibility index (Phi) is 5.77. The van der Waals surface area contributed by atoms with Crippen LogP contribution in [-0.2, 0) is 11.3 Å². The minimum Gasteiger partial charge on any atom is -0.496 e. The lowest BCUT2D eigenvalue weighted by molar-refractivity contribution is -0.907. The first-order valence-corrected chi connectivity index (χ1v) is 7.83. The number of carbonyl (C=O) groups is 1. The van der Waals surface area contributed by atoms with Crippen molar-refractivity contribution < 1.29 is 14.4 Å². The Morgan fingerprint density at radius 1 is 1.22 bits per heavy atom. The van der Waals surface area contributed by atoms with Crippen molar-refractivity contribution >= 4 is 11.6 Å². The largest absolute Gasteiger partial charge is 0.496 e. The third kappa shape index (κ3) is 4.57. The van der Waals surface area contributed by atoms with Gasteiger partial charge in [0, 0.05) is 11.3 Å². The smallest absolute Gasteiger partial charge is 0.282 e. The molecule has 2 atom stereocenters. The number of aryl methyl sites for hydroxylation is 1. The SMILES string of the molecule is COc1ccc(C)cc1C[NH+](C)[C@@H](C)C(=O)Nc1ccccc1. The lowest BCUT2D eigenvalue weighted by Crippen LogP contribution is -3.12. The normalized spacial score (nSPS) is 13.2. The molecule has 2 rings (SSSR count). The summed E-state index contributed by atoms with van der Waals surface area (Å²) in [5.41, 5.74) is 3.13. The first kappa shape index (κ1) is 17.0. The zero-order valence-electron chi connectivity index (χ0n) is 14.2. The fourth-order valence-electron chi connectivity index (χ4n) is 2.49. The molecule has 23 heavy (non-hydrogen) atoms. The molecule has 4 nitrogen and oxygen atoms in total. The van der Waals surface area contributed by atoms with Crippen LogP contribution >= 0.6 is 0 Å². The molecule has 0 spiro atoms. The summed E-state index contributed by atoms with van der Waals surface area (Å²) in [6.45, 7) is 4.73. The highest BCUT2D eigenvalue weighted by Crippen LogP contribution is 2.18. The molecule has 0 aromatic heterocycles. The van der Waals surface area contributed by atoms with Gasteiger partial charge in [0.05, 0.1) is 14.2 Å². The highest BCUT2D eigenvalue weighted by Gasteiger charge is 2.23. The number of nitrogens with one attached hydrogen (secondary N) is 2. The maximum absolute atomic E-state index is 12.4. The first-order chi connectivity index (χ1) is 11.0. The molecular weight excluding hydrogens is 288 g/mol. The summed E-state index contributed by atoms with van der Waals surface area (Å²) in [5.74, 6) is 0.880.